The van der Waals surface area contributed by atoms with Gasteiger partial charge in [-0.15, -0.1) is 11.3 Å². The van der Waals surface area contributed by atoms with Crippen molar-refractivity contribution in [3.8, 4) is 22.5 Å². The van der Waals surface area contributed by atoms with Gasteiger partial charge in [0, 0.05) is 102 Å². The third kappa shape index (κ3) is 8.47. The number of hydrogen-bond acceptors (Lipinski definition) is 13. The van der Waals surface area contributed by atoms with Crippen molar-refractivity contribution in [1.82, 2.24) is 50.1 Å². The number of thiazole rings is 1. The van der Waals surface area contributed by atoms with E-state index in [1.54, 1.807) is 36.7 Å². The van der Waals surface area contributed by atoms with Crippen LogP contribution in [0.4, 0.5) is 13.2 Å². The summed E-state index contributed by atoms with van der Waals surface area (Å²) in [4.78, 5) is 66.8. The first-order valence-corrected chi connectivity index (χ1v) is 24.3. The molecule has 3 saturated heterocycles. The van der Waals surface area contributed by atoms with E-state index < -0.39 is 60.2 Å². The van der Waals surface area contributed by atoms with Crippen molar-refractivity contribution < 1.29 is 37.0 Å². The molecule has 4 aromatic heterocycles. The maximum atomic E-state index is 15.3. The largest absolute Gasteiger partial charge is 0.464 e. The van der Waals surface area contributed by atoms with E-state index in [0.717, 1.165) is 18.7 Å². The third-order valence-corrected chi connectivity index (χ3v) is 15.9. The van der Waals surface area contributed by atoms with Crippen molar-refractivity contribution in [2.45, 2.75) is 102 Å². The van der Waals surface area contributed by atoms with Gasteiger partial charge < -0.3 is 19.4 Å². The summed E-state index contributed by atoms with van der Waals surface area (Å²) < 4.78 is 57.4. The Bertz CT molecular complexity index is 2740. The van der Waals surface area contributed by atoms with E-state index in [1.165, 1.54) is 34.3 Å². The lowest BCUT2D eigenvalue weighted by molar-refractivity contribution is -0.159. The highest BCUT2D eigenvalue weighted by atomic mass is 32.1. The maximum absolute atomic E-state index is 15.3. The van der Waals surface area contributed by atoms with Gasteiger partial charge in [0.25, 0.3) is 5.91 Å². The van der Waals surface area contributed by atoms with Crippen molar-refractivity contribution in [3.63, 3.8) is 0 Å². The zero-order chi connectivity index (χ0) is 47.9. The molecule has 19 heteroatoms. The number of alkyl halides is 3. The van der Waals surface area contributed by atoms with Crippen LogP contribution in [0.1, 0.15) is 87.0 Å². The number of rotatable bonds is 8. The maximum Gasteiger partial charge on any atom is 0.406 e. The van der Waals surface area contributed by atoms with Crippen LogP contribution in [-0.4, -0.2) is 128 Å². The summed E-state index contributed by atoms with van der Waals surface area (Å²) in [5.41, 5.74) is 6.72. The van der Waals surface area contributed by atoms with Gasteiger partial charge in [-0.05, 0) is 81.5 Å². The van der Waals surface area contributed by atoms with Crippen molar-refractivity contribution >= 4 is 40.0 Å². The van der Waals surface area contributed by atoms with Crippen molar-refractivity contribution in [2.75, 3.05) is 46.9 Å². The highest BCUT2D eigenvalue weighted by Gasteiger charge is 2.58. The molecule has 2 amide bonds. The number of hydrogen-bond donors (Lipinski definition) is 2. The number of esters is 1. The summed E-state index contributed by atoms with van der Waals surface area (Å²) in [5.74, 6) is -1.84. The Kier molecular flexibility index (Phi) is 12.0. The topological polar surface area (TPSA) is 160 Å². The van der Waals surface area contributed by atoms with Crippen molar-refractivity contribution in [2.24, 2.45) is 17.3 Å². The number of cyclic esters (lactones) is 1. The van der Waals surface area contributed by atoms with Gasteiger partial charge in [0.15, 0.2) is 0 Å². The number of nitrogens with one attached hydrogen (secondary N) is 2. The van der Waals surface area contributed by atoms with Gasteiger partial charge in [-0.1, -0.05) is 26.8 Å². The second-order valence-corrected chi connectivity index (χ2v) is 21.1. The summed E-state index contributed by atoms with van der Waals surface area (Å²) >= 11 is 1.38. The highest BCUT2D eigenvalue weighted by Crippen LogP contribution is 2.53. The standard InChI is InChI=1S/C49H57F3N10O5S/c1-27-37(33-13-16-53-26-55-33)38(27)43(63)57-40-42(60-22-48(23-60)14-18-59(48)5)44-56-35(21-68-44)29-11-12-36-31(19-29)32(20-47(3,4)25-67-46(65)34-10-8-17-62(58-34)45(40)64)41(61(36)24-49(50,51)52)30-9-7-15-54-39(30)28(2)66-6/h7,9,11-13,15-16,19,21,26-28,34,37-38,40,42,58H,8,10,14,17-18,20,22-25H2,1-6H3,(H,57,63)/t27-,28-,34-,37-,38+,40-,42-/m0/s1. The Morgan fingerprint density at radius 1 is 1.12 bits per heavy atom. The molecule has 1 spiro atoms. The number of methoxy groups -OCH3 is 1. The number of pyridine rings is 1. The molecular formula is C49H57F3N10O5S. The summed E-state index contributed by atoms with van der Waals surface area (Å²) in [6.45, 7) is 8.87. The number of nitrogens with zero attached hydrogens (tertiary/aromatic N) is 8. The Morgan fingerprint density at radius 2 is 1.93 bits per heavy atom. The molecule has 4 fully saturated rings. The molecule has 4 aliphatic heterocycles. The number of likely N-dealkylation sites (N-methyl/N-ethyl adjacent to an activating group) is 1. The molecule has 5 aromatic rings. The van der Waals surface area contributed by atoms with Crippen molar-refractivity contribution in [3.05, 3.63) is 82.5 Å². The normalized spacial score (nSPS) is 26.7. The number of benzene rings is 1. The van der Waals surface area contributed by atoms with Gasteiger partial charge in [-0.25, -0.2) is 20.4 Å². The monoisotopic (exact) mass is 954 g/mol. The molecule has 1 aliphatic carbocycles. The molecule has 7 atom stereocenters. The molecule has 5 aliphatic rings. The van der Waals surface area contributed by atoms with Gasteiger partial charge in [0.05, 0.1) is 35.8 Å². The van der Waals surface area contributed by atoms with Crippen LogP contribution < -0.4 is 10.7 Å². The number of halogens is 3. The quantitative estimate of drug-likeness (QED) is 0.164. The van der Waals surface area contributed by atoms with E-state index in [0.29, 0.717) is 82.2 Å². The number of carbonyl (C=O) groups is 3. The van der Waals surface area contributed by atoms with Gasteiger partial charge >= 0.3 is 12.1 Å². The summed E-state index contributed by atoms with van der Waals surface area (Å²) in [6.07, 6.45) is 1.74. The predicted molar refractivity (Wildman–Crippen MR) is 248 cm³/mol. The van der Waals surface area contributed by atoms with E-state index >= 15 is 4.79 Å². The molecule has 15 nitrogen and oxygen atoms in total. The van der Waals surface area contributed by atoms with Crippen LogP contribution in [0.3, 0.4) is 0 Å². The fraction of sp³-hybridized carbons (Fsp3) is 0.531. The summed E-state index contributed by atoms with van der Waals surface area (Å²) in [7, 11) is 3.63. The molecule has 10 rings (SSSR count). The molecule has 6 bridgehead atoms. The Balaban J connectivity index is 1.13. The molecule has 0 radical (unpaired) electrons. The zero-order valence-electron chi connectivity index (χ0n) is 39.0. The number of fused-ring (bicyclic) bond motifs is 6. The number of amides is 2. The smallest absolute Gasteiger partial charge is 0.406 e. The zero-order valence-corrected chi connectivity index (χ0v) is 39.9. The first-order chi connectivity index (χ1) is 32.5. The number of carbonyl (C=O) groups excluding carboxylic acids is 3. The van der Waals surface area contributed by atoms with Crippen LogP contribution in [0, 0.1) is 17.3 Å². The Morgan fingerprint density at radius 3 is 2.63 bits per heavy atom. The number of aromatic nitrogens is 5. The van der Waals surface area contributed by atoms with Crippen LogP contribution >= 0.6 is 11.3 Å². The average Bonchev–Trinajstić information content (AvgIpc) is 3.60. The minimum atomic E-state index is -4.58. The van der Waals surface area contributed by atoms with Gasteiger partial charge in [-0.3, -0.25) is 34.2 Å². The highest BCUT2D eigenvalue weighted by molar-refractivity contribution is 7.10. The summed E-state index contributed by atoms with van der Waals surface area (Å²) in [6, 6.07) is 8.01. The van der Waals surface area contributed by atoms with Crippen LogP contribution in [-0.2, 0) is 36.8 Å². The molecule has 68 heavy (non-hydrogen) atoms. The minimum Gasteiger partial charge on any atom is -0.464 e. The van der Waals surface area contributed by atoms with Gasteiger partial charge in [-0.2, -0.15) is 13.2 Å². The second-order valence-electron chi connectivity index (χ2n) is 20.2. The molecule has 8 heterocycles. The fourth-order valence-electron chi connectivity index (χ4n) is 11.0. The lowest BCUT2D eigenvalue weighted by Gasteiger charge is -2.63. The van der Waals surface area contributed by atoms with E-state index in [-0.39, 0.29) is 36.3 Å². The molecule has 360 valence electrons. The Hall–Kier alpha value is -5.34. The molecular weight excluding hydrogens is 898 g/mol. The lowest BCUT2D eigenvalue weighted by atomic mass is 9.76. The lowest BCUT2D eigenvalue weighted by Crippen LogP contribution is -2.77. The first kappa shape index (κ1) is 46.4. The number of ether oxygens (including phenoxy) is 2. The predicted octanol–water partition coefficient (Wildman–Crippen LogP) is 6.47. The SMILES string of the molecule is CO[C@@H](C)c1ncccc1-c1c2c3cc(ccc3n1CC(F)(F)F)-c1csc(n1)[C@@H](N1CC3(CCN3C)C1)[C@H](NC(=O)[C@@H]1[C@@H](C)[C@H]1c1ccncn1)C(=O)N1CCC[C@H](N1)C(=O)OCC(C)(C)C2. The first-order valence-electron chi connectivity index (χ1n) is 23.4. The Labute approximate surface area is 396 Å². The molecule has 1 saturated carbocycles. The van der Waals surface area contributed by atoms with Crippen LogP contribution in [0.2, 0.25) is 0 Å². The fourth-order valence-corrected chi connectivity index (χ4v) is 12.0. The third-order valence-electron chi connectivity index (χ3n) is 15.0. The van der Waals surface area contributed by atoms with Crippen molar-refractivity contribution in [1.29, 1.82) is 0 Å². The van der Waals surface area contributed by atoms with Crippen LogP contribution in [0.15, 0.2) is 60.5 Å². The van der Waals surface area contributed by atoms with Crippen LogP contribution in [0.25, 0.3) is 33.4 Å². The van der Waals surface area contributed by atoms with E-state index in [2.05, 4.69) is 42.5 Å². The number of hydrazine groups is 1. The van der Waals surface area contributed by atoms with Gasteiger partial charge in [0.1, 0.15) is 30.0 Å². The molecule has 2 N–H and O–H groups in total. The van der Waals surface area contributed by atoms with E-state index in [4.69, 9.17) is 14.5 Å². The average molecular weight is 955 g/mol. The van der Waals surface area contributed by atoms with Gasteiger partial charge in [0.2, 0.25) is 5.91 Å². The van der Waals surface area contributed by atoms with E-state index in [9.17, 15) is 22.8 Å². The summed E-state index contributed by atoms with van der Waals surface area (Å²) in [5, 5.41) is 7.80. The minimum absolute atomic E-state index is 0.0315. The van der Waals surface area contributed by atoms with E-state index in [1.807, 2.05) is 45.2 Å². The molecule has 0 unspecified atom stereocenters. The second kappa shape index (κ2) is 17.6. The number of likely N-dealkylation sites (tertiary alicyclic amines) is 2. The molecule has 1 aromatic carbocycles. The van der Waals surface area contributed by atoms with Crippen LogP contribution in [0.5, 0.6) is 0 Å².